The highest BCUT2D eigenvalue weighted by molar-refractivity contribution is 5.91. The maximum Gasteiger partial charge on any atom is 0.339 e. The third-order valence-corrected chi connectivity index (χ3v) is 4.78. The van der Waals surface area contributed by atoms with E-state index in [1.54, 1.807) is 12.1 Å². The summed E-state index contributed by atoms with van der Waals surface area (Å²) in [4.78, 5) is 11.1. The number of aliphatic hydroxyl groups is 3. The van der Waals surface area contributed by atoms with Crippen molar-refractivity contribution in [1.82, 2.24) is 0 Å². The molecule has 1 aromatic carbocycles. The molecule has 0 amide bonds. The lowest BCUT2D eigenvalue weighted by atomic mass is 9.74. The van der Waals surface area contributed by atoms with Crippen molar-refractivity contribution in [1.29, 1.82) is 0 Å². The Morgan fingerprint density at radius 1 is 1.21 bits per heavy atom. The van der Waals surface area contributed by atoms with Crippen LogP contribution in [0.2, 0.25) is 0 Å². The van der Waals surface area contributed by atoms with Gasteiger partial charge in [-0.2, -0.15) is 0 Å². The van der Waals surface area contributed by atoms with E-state index in [0.717, 1.165) is 0 Å². The third kappa shape index (κ3) is 3.77. The molecule has 0 bridgehead atoms. The summed E-state index contributed by atoms with van der Waals surface area (Å²) in [7, 11) is 0. The van der Waals surface area contributed by atoms with Gasteiger partial charge in [-0.1, -0.05) is 31.2 Å². The summed E-state index contributed by atoms with van der Waals surface area (Å²) in [5.41, 5.74) is 1.01. The average Bonchev–Trinajstić information content (AvgIpc) is 2.52. The van der Waals surface area contributed by atoms with Crippen LogP contribution in [0.4, 0.5) is 0 Å². The van der Waals surface area contributed by atoms with Crippen LogP contribution in [0.25, 0.3) is 0 Å². The summed E-state index contributed by atoms with van der Waals surface area (Å²) < 4.78 is 0. The van der Waals surface area contributed by atoms with Gasteiger partial charge >= 0.3 is 5.97 Å². The molecular formula is C18H24O6. The minimum Gasteiger partial charge on any atom is -0.507 e. The van der Waals surface area contributed by atoms with Crippen LogP contribution in [0, 0.1) is 11.8 Å². The van der Waals surface area contributed by atoms with Crippen LogP contribution < -0.4 is 0 Å². The zero-order chi connectivity index (χ0) is 18.0. The molecule has 1 aromatic rings. The zero-order valence-electron chi connectivity index (χ0n) is 13.6. The Morgan fingerprint density at radius 3 is 2.50 bits per heavy atom. The van der Waals surface area contributed by atoms with E-state index in [2.05, 4.69) is 6.58 Å². The first-order valence-corrected chi connectivity index (χ1v) is 7.97. The van der Waals surface area contributed by atoms with Gasteiger partial charge in [-0.15, -0.1) is 0 Å². The minimum atomic E-state index is -1.20. The first-order valence-electron chi connectivity index (χ1n) is 7.97. The van der Waals surface area contributed by atoms with Crippen molar-refractivity contribution in [2.75, 3.05) is 0 Å². The Hall–Kier alpha value is -1.89. The first-order chi connectivity index (χ1) is 11.2. The Morgan fingerprint density at radius 2 is 1.88 bits per heavy atom. The molecule has 0 heterocycles. The van der Waals surface area contributed by atoms with Crippen molar-refractivity contribution in [3.8, 4) is 5.75 Å². The van der Waals surface area contributed by atoms with E-state index in [9.17, 15) is 25.2 Å². The lowest BCUT2D eigenvalue weighted by Crippen LogP contribution is -2.50. The van der Waals surface area contributed by atoms with E-state index >= 15 is 0 Å². The van der Waals surface area contributed by atoms with Gasteiger partial charge < -0.3 is 25.5 Å². The van der Waals surface area contributed by atoms with Gasteiger partial charge in [0, 0.05) is 0 Å². The fraction of sp³-hybridized carbons (Fsp3) is 0.500. The Kier molecular flexibility index (Phi) is 5.64. The van der Waals surface area contributed by atoms with Gasteiger partial charge in [0.25, 0.3) is 0 Å². The minimum absolute atomic E-state index is 0.134. The number of phenols is 1. The third-order valence-electron chi connectivity index (χ3n) is 4.78. The summed E-state index contributed by atoms with van der Waals surface area (Å²) in [5, 5.41) is 48.9. The molecule has 0 spiro atoms. The molecule has 1 fully saturated rings. The molecule has 0 aliphatic heterocycles. The fourth-order valence-electron chi connectivity index (χ4n) is 3.40. The Bertz CT molecular complexity index is 626. The maximum absolute atomic E-state index is 11.1. The summed E-state index contributed by atoms with van der Waals surface area (Å²) in [5.74, 6) is -1.85. The van der Waals surface area contributed by atoms with Crippen molar-refractivity contribution in [2.45, 2.75) is 44.5 Å². The molecule has 1 aliphatic carbocycles. The van der Waals surface area contributed by atoms with Gasteiger partial charge in [0.05, 0.1) is 12.2 Å². The summed E-state index contributed by atoms with van der Waals surface area (Å²) >= 11 is 0. The van der Waals surface area contributed by atoms with Crippen molar-refractivity contribution in [3.63, 3.8) is 0 Å². The smallest absolute Gasteiger partial charge is 0.339 e. The molecule has 5 atom stereocenters. The molecule has 5 unspecified atom stereocenters. The van der Waals surface area contributed by atoms with Gasteiger partial charge in [-0.3, -0.25) is 0 Å². The molecule has 6 heteroatoms. The van der Waals surface area contributed by atoms with E-state index < -0.39 is 24.3 Å². The molecule has 1 saturated carbocycles. The number of benzene rings is 1. The number of aromatic carboxylic acids is 1. The monoisotopic (exact) mass is 336 g/mol. The number of rotatable bonds is 5. The second kappa shape index (κ2) is 7.34. The SMILES string of the molecule is C=C(Cc1cccc(C(=O)O)c1O)CC1CC(C)C(O)C(O)C1O. The van der Waals surface area contributed by atoms with Crippen LogP contribution in [0.5, 0.6) is 5.75 Å². The highest BCUT2D eigenvalue weighted by atomic mass is 16.4. The normalized spacial score (nSPS) is 30.1. The highest BCUT2D eigenvalue weighted by Gasteiger charge is 2.40. The summed E-state index contributed by atoms with van der Waals surface area (Å²) in [6.07, 6.45) is -1.91. The molecule has 24 heavy (non-hydrogen) atoms. The first kappa shape index (κ1) is 18.4. The second-order valence-corrected chi connectivity index (χ2v) is 6.69. The van der Waals surface area contributed by atoms with Crippen LogP contribution in [0.15, 0.2) is 30.4 Å². The molecule has 0 saturated heterocycles. The summed E-state index contributed by atoms with van der Waals surface area (Å²) in [6.45, 7) is 5.77. The number of hydrogen-bond donors (Lipinski definition) is 5. The van der Waals surface area contributed by atoms with Crippen LogP contribution in [0.1, 0.15) is 35.7 Å². The number of aromatic hydroxyl groups is 1. The van der Waals surface area contributed by atoms with Crippen LogP contribution in [-0.2, 0) is 6.42 Å². The van der Waals surface area contributed by atoms with E-state index in [4.69, 9.17) is 5.11 Å². The molecule has 6 nitrogen and oxygen atoms in total. The molecule has 0 radical (unpaired) electrons. The van der Waals surface area contributed by atoms with Crippen molar-refractivity contribution < 1.29 is 30.3 Å². The van der Waals surface area contributed by atoms with Gasteiger partial charge in [-0.25, -0.2) is 4.79 Å². The Balaban J connectivity index is 2.06. The van der Waals surface area contributed by atoms with Gasteiger partial charge in [-0.05, 0) is 42.7 Å². The van der Waals surface area contributed by atoms with E-state index in [-0.39, 0.29) is 29.6 Å². The number of para-hydroxylation sites is 1. The average molecular weight is 336 g/mol. The van der Waals surface area contributed by atoms with Crippen LogP contribution in [-0.4, -0.2) is 49.8 Å². The predicted molar refractivity (Wildman–Crippen MR) is 87.8 cm³/mol. The number of carbonyl (C=O) groups is 1. The number of aliphatic hydroxyl groups excluding tert-OH is 3. The molecule has 5 N–H and O–H groups in total. The maximum atomic E-state index is 11.1. The number of carboxylic acids is 1. The second-order valence-electron chi connectivity index (χ2n) is 6.69. The van der Waals surface area contributed by atoms with Gasteiger partial charge in [0.15, 0.2) is 0 Å². The van der Waals surface area contributed by atoms with E-state index in [1.807, 2.05) is 6.92 Å². The molecule has 0 aromatic heterocycles. The van der Waals surface area contributed by atoms with E-state index in [0.29, 0.717) is 24.0 Å². The number of allylic oxidation sites excluding steroid dienone is 1. The molecule has 132 valence electrons. The molecule has 2 rings (SSSR count). The van der Waals surface area contributed by atoms with Crippen molar-refractivity contribution >= 4 is 5.97 Å². The highest BCUT2D eigenvalue weighted by Crippen LogP contribution is 2.35. The predicted octanol–water partition coefficient (Wildman–Crippen LogP) is 1.32. The van der Waals surface area contributed by atoms with E-state index in [1.165, 1.54) is 6.07 Å². The number of carboxylic acid groups (broad SMARTS) is 1. The zero-order valence-corrected chi connectivity index (χ0v) is 13.6. The molecular weight excluding hydrogens is 312 g/mol. The van der Waals surface area contributed by atoms with Gasteiger partial charge in [0.2, 0.25) is 0 Å². The molecule has 1 aliphatic rings. The largest absolute Gasteiger partial charge is 0.507 e. The standard InChI is InChI=1S/C18H24O6/c1-9(6-11-4-3-5-13(15(11)20)18(23)24)7-12-8-10(2)14(19)17(22)16(12)21/h3-5,10,12,14,16-17,19-22H,1,6-8H2,2H3,(H,23,24). The quantitative estimate of drug-likeness (QED) is 0.518. The van der Waals surface area contributed by atoms with Crippen LogP contribution >= 0.6 is 0 Å². The Labute approximate surface area is 140 Å². The summed E-state index contributed by atoms with van der Waals surface area (Å²) in [6, 6.07) is 4.52. The lowest BCUT2D eigenvalue weighted by molar-refractivity contribution is -0.131. The number of hydrogen-bond acceptors (Lipinski definition) is 5. The van der Waals surface area contributed by atoms with Crippen LogP contribution in [0.3, 0.4) is 0 Å². The van der Waals surface area contributed by atoms with Gasteiger partial charge in [0.1, 0.15) is 17.4 Å². The lowest BCUT2D eigenvalue weighted by Gasteiger charge is -2.39. The van der Waals surface area contributed by atoms with Crippen molar-refractivity contribution in [2.24, 2.45) is 11.8 Å². The topological polar surface area (TPSA) is 118 Å². The van der Waals surface area contributed by atoms with Crippen molar-refractivity contribution in [3.05, 3.63) is 41.5 Å². The fourth-order valence-corrected chi connectivity index (χ4v) is 3.40.